The number of benzene rings is 2. The van der Waals surface area contributed by atoms with Crippen LogP contribution in [0.2, 0.25) is 0 Å². The lowest BCUT2D eigenvalue weighted by atomic mass is 9.94. The molecule has 2 aliphatic heterocycles. The van der Waals surface area contributed by atoms with Crippen LogP contribution in [0.5, 0.6) is 11.5 Å². The van der Waals surface area contributed by atoms with Crippen molar-refractivity contribution in [3.8, 4) is 17.6 Å². The number of hydrogen-bond donors (Lipinski definition) is 1. The van der Waals surface area contributed by atoms with Crippen LogP contribution in [0.3, 0.4) is 0 Å². The molecule has 3 aromatic rings. The highest BCUT2D eigenvalue weighted by atomic mass is 32.2. The van der Waals surface area contributed by atoms with Gasteiger partial charge in [-0.25, -0.2) is 13.4 Å². The number of piperidine rings is 1. The van der Waals surface area contributed by atoms with Crippen molar-refractivity contribution < 1.29 is 17.9 Å². The van der Waals surface area contributed by atoms with E-state index >= 15 is 0 Å². The van der Waals surface area contributed by atoms with Crippen LogP contribution >= 0.6 is 0 Å². The van der Waals surface area contributed by atoms with Gasteiger partial charge in [0, 0.05) is 32.6 Å². The summed E-state index contributed by atoms with van der Waals surface area (Å²) >= 11 is 0. The van der Waals surface area contributed by atoms with Crippen molar-refractivity contribution in [3.63, 3.8) is 0 Å². The number of carbonyl (C=O) groups is 1. The molecule has 1 amide bonds. The first-order valence-electron chi connectivity index (χ1n) is 12.3. The van der Waals surface area contributed by atoms with Crippen molar-refractivity contribution in [1.82, 2.24) is 19.2 Å². The minimum atomic E-state index is -3.75. The van der Waals surface area contributed by atoms with Gasteiger partial charge in [-0.05, 0) is 61.4 Å². The number of amides is 1. The third-order valence-corrected chi connectivity index (χ3v) is 9.19. The zero-order chi connectivity index (χ0) is 26.2. The number of nitrogens with zero attached hydrogens (tertiary/aromatic N) is 4. The van der Waals surface area contributed by atoms with Gasteiger partial charge in [0.05, 0.1) is 34.7 Å². The second kappa shape index (κ2) is 10.00. The van der Waals surface area contributed by atoms with Crippen LogP contribution in [-0.2, 0) is 21.9 Å². The maximum Gasteiger partial charge on any atom is 0.243 e. The van der Waals surface area contributed by atoms with E-state index in [1.807, 2.05) is 11.6 Å². The van der Waals surface area contributed by atoms with E-state index < -0.39 is 16.1 Å². The summed E-state index contributed by atoms with van der Waals surface area (Å²) in [6, 6.07) is 11.7. The van der Waals surface area contributed by atoms with E-state index in [1.54, 1.807) is 49.8 Å². The number of ether oxygens (including phenoxy) is 1. The standard InChI is InChI=1S/C27H29N5O4S/c1-18-5-9-22-13-25(18)37(34,35)32-11-3-4-19(16-32)6-10-26(33)30-27(23-15-29-17-31(23)2)20-7-8-21(14-28)24(12-20)36-22/h5,7-9,12-13,15,17,19,27H,3-4,6,10-11,16H2,1-2H3,(H,30,33). The highest BCUT2D eigenvalue weighted by Crippen LogP contribution is 2.34. The fourth-order valence-electron chi connectivity index (χ4n) is 5.11. The molecule has 3 heterocycles. The Hall–Kier alpha value is -3.68. The van der Waals surface area contributed by atoms with Gasteiger partial charge in [0.2, 0.25) is 15.9 Å². The molecule has 6 bridgehead atoms. The van der Waals surface area contributed by atoms with E-state index in [-0.39, 0.29) is 28.9 Å². The molecule has 3 atom stereocenters. The molecule has 5 rings (SSSR count). The molecule has 0 radical (unpaired) electrons. The smallest absolute Gasteiger partial charge is 0.243 e. The van der Waals surface area contributed by atoms with Crippen LogP contribution in [0.25, 0.3) is 0 Å². The molecule has 1 fully saturated rings. The lowest BCUT2D eigenvalue weighted by molar-refractivity contribution is -0.122. The molecule has 2 aromatic carbocycles. The molecule has 9 nitrogen and oxygen atoms in total. The highest BCUT2D eigenvalue weighted by molar-refractivity contribution is 7.89. The Morgan fingerprint density at radius 2 is 2.03 bits per heavy atom. The monoisotopic (exact) mass is 519 g/mol. The summed E-state index contributed by atoms with van der Waals surface area (Å²) in [5.74, 6) is 0.558. The van der Waals surface area contributed by atoms with Gasteiger partial charge in [0.15, 0.2) is 0 Å². The van der Waals surface area contributed by atoms with Crippen molar-refractivity contribution in [3.05, 3.63) is 71.3 Å². The number of rotatable bonds is 1. The molecule has 3 unspecified atom stereocenters. The van der Waals surface area contributed by atoms with E-state index in [9.17, 15) is 18.5 Å². The largest absolute Gasteiger partial charge is 0.456 e. The lowest BCUT2D eigenvalue weighted by Crippen LogP contribution is -2.40. The average molecular weight is 520 g/mol. The van der Waals surface area contributed by atoms with E-state index in [4.69, 9.17) is 4.74 Å². The van der Waals surface area contributed by atoms with Crippen LogP contribution in [0.1, 0.15) is 54.1 Å². The summed E-state index contributed by atoms with van der Waals surface area (Å²) in [5.41, 5.74) is 2.43. The molecule has 1 saturated heterocycles. The minimum Gasteiger partial charge on any atom is -0.456 e. The lowest BCUT2D eigenvalue weighted by Gasteiger charge is -2.32. The SMILES string of the molecule is Cc1ccc2cc1S(=O)(=O)N1CCCC(CCC(=O)NC(c3cncn3C)c3ccc(C#N)c(c3)O2)C1. The second-order valence-electron chi connectivity index (χ2n) is 9.74. The highest BCUT2D eigenvalue weighted by Gasteiger charge is 2.32. The number of carbonyl (C=O) groups excluding carboxylic acids is 1. The van der Waals surface area contributed by atoms with Gasteiger partial charge >= 0.3 is 0 Å². The second-order valence-corrected chi connectivity index (χ2v) is 11.6. The molecule has 1 N–H and O–H groups in total. The van der Waals surface area contributed by atoms with Gasteiger partial charge in [-0.15, -0.1) is 0 Å². The van der Waals surface area contributed by atoms with Crippen LogP contribution in [-0.4, -0.2) is 41.3 Å². The number of imidazole rings is 1. The topological polar surface area (TPSA) is 117 Å². The van der Waals surface area contributed by atoms with Gasteiger partial charge in [-0.3, -0.25) is 4.79 Å². The van der Waals surface area contributed by atoms with E-state index in [0.29, 0.717) is 36.4 Å². The van der Waals surface area contributed by atoms with E-state index in [1.165, 1.54) is 10.4 Å². The molecule has 0 spiro atoms. The zero-order valence-corrected chi connectivity index (χ0v) is 21.7. The first-order chi connectivity index (χ1) is 17.8. The summed E-state index contributed by atoms with van der Waals surface area (Å²) in [7, 11) is -1.89. The van der Waals surface area contributed by atoms with Crippen LogP contribution < -0.4 is 10.1 Å². The molecule has 37 heavy (non-hydrogen) atoms. The predicted octanol–water partition coefficient (Wildman–Crippen LogP) is 3.79. The Morgan fingerprint density at radius 1 is 1.19 bits per heavy atom. The number of aryl methyl sites for hydroxylation is 2. The molecule has 10 heteroatoms. The maximum absolute atomic E-state index is 13.6. The van der Waals surface area contributed by atoms with Crippen LogP contribution in [0, 0.1) is 24.2 Å². The van der Waals surface area contributed by atoms with Gasteiger partial charge in [0.25, 0.3) is 0 Å². The van der Waals surface area contributed by atoms with E-state index in [2.05, 4.69) is 16.4 Å². The number of nitrogens with one attached hydrogen (secondary N) is 1. The zero-order valence-electron chi connectivity index (χ0n) is 20.8. The van der Waals surface area contributed by atoms with Crippen molar-refractivity contribution in [2.45, 2.75) is 43.5 Å². The normalized spacial score (nSPS) is 23.4. The van der Waals surface area contributed by atoms with Crippen molar-refractivity contribution in [2.24, 2.45) is 13.0 Å². The first-order valence-corrected chi connectivity index (χ1v) is 13.8. The first kappa shape index (κ1) is 25.0. The van der Waals surface area contributed by atoms with Gasteiger partial charge in [0.1, 0.15) is 17.6 Å². The Kier molecular flexibility index (Phi) is 6.75. The Balaban J connectivity index is 1.64. The Morgan fingerprint density at radius 3 is 2.78 bits per heavy atom. The molecular weight excluding hydrogens is 490 g/mol. The van der Waals surface area contributed by atoms with Crippen LogP contribution in [0.15, 0.2) is 53.8 Å². The predicted molar refractivity (Wildman–Crippen MR) is 136 cm³/mol. The van der Waals surface area contributed by atoms with Gasteiger partial charge < -0.3 is 14.6 Å². The molecular formula is C27H29N5O4S. The summed E-state index contributed by atoms with van der Waals surface area (Å²) in [6.45, 7) is 2.59. The van der Waals surface area contributed by atoms with Crippen molar-refractivity contribution in [2.75, 3.05) is 13.1 Å². The van der Waals surface area contributed by atoms with Gasteiger partial charge in [-0.2, -0.15) is 9.57 Å². The summed E-state index contributed by atoms with van der Waals surface area (Å²) < 4.78 is 36.7. The number of aromatic nitrogens is 2. The maximum atomic E-state index is 13.6. The molecule has 1 aromatic heterocycles. The Bertz CT molecular complexity index is 1490. The molecule has 192 valence electrons. The van der Waals surface area contributed by atoms with Crippen molar-refractivity contribution >= 4 is 15.9 Å². The van der Waals surface area contributed by atoms with Crippen LogP contribution in [0.4, 0.5) is 0 Å². The van der Waals surface area contributed by atoms with Gasteiger partial charge in [-0.1, -0.05) is 12.1 Å². The summed E-state index contributed by atoms with van der Waals surface area (Å²) in [4.78, 5) is 17.5. The third kappa shape index (κ3) is 4.97. The number of fused-ring (bicyclic) bond motifs is 6. The summed E-state index contributed by atoms with van der Waals surface area (Å²) in [5, 5.41) is 12.8. The number of nitriles is 1. The van der Waals surface area contributed by atoms with E-state index in [0.717, 1.165) is 24.1 Å². The molecule has 0 aliphatic carbocycles. The number of hydrogen-bond acceptors (Lipinski definition) is 6. The average Bonchev–Trinajstić information content (AvgIpc) is 3.32. The molecule has 2 aliphatic rings. The Labute approximate surface area is 216 Å². The summed E-state index contributed by atoms with van der Waals surface area (Å²) in [6.07, 6.45) is 5.88. The minimum absolute atomic E-state index is 0.0959. The molecule has 0 saturated carbocycles. The number of sulfonamides is 1. The quantitative estimate of drug-likeness (QED) is 0.523. The fraction of sp³-hybridized carbons (Fsp3) is 0.370. The fourth-order valence-corrected chi connectivity index (χ4v) is 6.90. The third-order valence-electron chi connectivity index (χ3n) is 7.18. The van der Waals surface area contributed by atoms with Crippen molar-refractivity contribution in [1.29, 1.82) is 5.26 Å².